The smallest absolute Gasteiger partial charge is 0.468 e. The third-order valence-electron chi connectivity index (χ3n) is 11.8. The first-order valence-corrected chi connectivity index (χ1v) is 21.2. The number of rotatable bonds is 14. The van der Waals surface area contributed by atoms with Crippen molar-refractivity contribution in [3.63, 3.8) is 0 Å². The van der Waals surface area contributed by atoms with Crippen LogP contribution < -0.4 is 19.1 Å². The molecule has 334 valence electrons. The summed E-state index contributed by atoms with van der Waals surface area (Å²) in [6, 6.07) is 11.2. The zero-order valence-corrected chi connectivity index (χ0v) is 35.6. The van der Waals surface area contributed by atoms with Crippen LogP contribution >= 0.6 is 0 Å². The molecular weight excluding hydrogens is 823 g/mol. The molecule has 0 spiro atoms. The van der Waals surface area contributed by atoms with Crippen molar-refractivity contribution in [2.24, 2.45) is 0 Å². The number of benzene rings is 3. The minimum atomic E-state index is -0.948. The summed E-state index contributed by atoms with van der Waals surface area (Å²) >= 11 is 0. The van der Waals surface area contributed by atoms with E-state index in [0.29, 0.717) is 77.9 Å². The van der Waals surface area contributed by atoms with Crippen molar-refractivity contribution >= 4 is 39.3 Å². The first kappa shape index (κ1) is 43.8. The van der Waals surface area contributed by atoms with Crippen molar-refractivity contribution in [3.05, 3.63) is 82.0 Å². The predicted octanol–water partition coefficient (Wildman–Crippen LogP) is 8.15. The van der Waals surface area contributed by atoms with Crippen molar-refractivity contribution in [3.8, 4) is 28.8 Å². The predicted molar refractivity (Wildman–Crippen MR) is 227 cm³/mol. The van der Waals surface area contributed by atoms with Crippen molar-refractivity contribution in [1.82, 2.24) is 19.9 Å². The standard InChI is InChI=1S/C45H50F2N6O10/c1-5-33-36(46)15-10-27-19-31(60-26-57-4)21-34(38(27)33)40-39(47)41-35(22-48-40)42(52-17-8-16-45(2,25-52)63-37-9-6-7-18-58-37)50-43(49-41)59-24-29-20-32(23-51(29)3)62-44(54)61-30-13-11-28(12-14-30)53(55)56/h10-15,19,21-22,29,32,37H,5-9,16-18,20,23-26H2,1-4H3/t29-,32+,37?,45+/m0/s1. The molecule has 0 radical (unpaired) electrons. The molecule has 3 aliphatic heterocycles. The Morgan fingerprint density at radius 1 is 1.06 bits per heavy atom. The number of non-ortho nitro benzene ring substituents is 1. The van der Waals surface area contributed by atoms with E-state index >= 15 is 8.78 Å². The Labute approximate surface area is 362 Å². The van der Waals surface area contributed by atoms with Gasteiger partial charge in [0.05, 0.1) is 15.9 Å². The van der Waals surface area contributed by atoms with Gasteiger partial charge in [0.25, 0.3) is 5.69 Å². The van der Waals surface area contributed by atoms with Gasteiger partial charge in [0.1, 0.15) is 47.1 Å². The number of halogens is 2. The normalized spacial score (nSPS) is 21.7. The van der Waals surface area contributed by atoms with Gasteiger partial charge in [0.15, 0.2) is 18.9 Å². The molecular formula is C45H50F2N6O10. The molecule has 16 nitrogen and oxygen atoms in total. The Bertz CT molecular complexity index is 2470. The van der Waals surface area contributed by atoms with E-state index in [1.807, 2.05) is 23.8 Å². The van der Waals surface area contributed by atoms with Crippen LogP contribution in [0.25, 0.3) is 32.9 Å². The van der Waals surface area contributed by atoms with Gasteiger partial charge >= 0.3 is 12.2 Å². The number of methoxy groups -OCH3 is 1. The Morgan fingerprint density at radius 2 is 1.89 bits per heavy atom. The molecule has 3 aromatic carbocycles. The second-order valence-corrected chi connectivity index (χ2v) is 16.4. The number of anilines is 1. The molecule has 0 aliphatic carbocycles. The van der Waals surface area contributed by atoms with Crippen molar-refractivity contribution < 1.29 is 51.7 Å². The number of hydrogen-bond acceptors (Lipinski definition) is 15. The SMILES string of the molecule is CCc1c(F)ccc2cc(OCOC)cc(-c3ncc4c(N5CCC[C@@](C)(OC6CCCCO6)C5)nc(OC[C@@H]5C[C@@H](OC(=O)Oc6ccc([N+](=O)[O-])cc6)CN5C)nc4c3F)c12. The van der Waals surface area contributed by atoms with Crippen LogP contribution in [0.15, 0.2) is 54.7 Å². The third-order valence-corrected chi connectivity index (χ3v) is 11.8. The number of piperidine rings is 1. The van der Waals surface area contributed by atoms with Gasteiger partial charge in [-0.25, -0.2) is 13.6 Å². The Balaban J connectivity index is 1.11. The van der Waals surface area contributed by atoms with E-state index in [1.165, 1.54) is 37.4 Å². The lowest BCUT2D eigenvalue weighted by Crippen LogP contribution is -2.50. The molecule has 5 aromatic rings. The molecule has 0 saturated carbocycles. The second kappa shape index (κ2) is 18.9. The van der Waals surface area contributed by atoms with Gasteiger partial charge in [-0.1, -0.05) is 13.0 Å². The highest BCUT2D eigenvalue weighted by Gasteiger charge is 2.38. The largest absolute Gasteiger partial charge is 0.514 e. The lowest BCUT2D eigenvalue weighted by Gasteiger charge is -2.43. The van der Waals surface area contributed by atoms with E-state index < -0.39 is 34.4 Å². The molecule has 8 rings (SSSR count). The number of aromatic nitrogens is 3. The van der Waals surface area contributed by atoms with Crippen LogP contribution in [0.3, 0.4) is 0 Å². The number of carbonyl (C=O) groups excluding carboxylic acids is 1. The van der Waals surface area contributed by atoms with Crippen LogP contribution in [0.1, 0.15) is 57.9 Å². The van der Waals surface area contributed by atoms with Crippen LogP contribution in [0.2, 0.25) is 0 Å². The summed E-state index contributed by atoms with van der Waals surface area (Å²) in [6.45, 7) is 5.96. The van der Waals surface area contributed by atoms with E-state index in [9.17, 15) is 14.9 Å². The van der Waals surface area contributed by atoms with E-state index in [-0.39, 0.29) is 54.4 Å². The summed E-state index contributed by atoms with van der Waals surface area (Å²) in [6.07, 6.45) is 4.84. The van der Waals surface area contributed by atoms with Gasteiger partial charge in [-0.15, -0.1) is 0 Å². The highest BCUT2D eigenvalue weighted by atomic mass is 19.1. The number of nitro groups is 1. The maximum atomic E-state index is 17.5. The molecule has 3 fully saturated rings. The monoisotopic (exact) mass is 872 g/mol. The zero-order valence-electron chi connectivity index (χ0n) is 35.6. The van der Waals surface area contributed by atoms with Gasteiger partial charge in [-0.3, -0.25) is 20.0 Å². The molecule has 18 heteroatoms. The average molecular weight is 873 g/mol. The lowest BCUT2D eigenvalue weighted by atomic mass is 9.93. The summed E-state index contributed by atoms with van der Waals surface area (Å²) in [5.41, 5.74) is -0.0802. The third kappa shape index (κ3) is 9.73. The average Bonchev–Trinajstić information content (AvgIpc) is 3.62. The number of aryl methyl sites for hydroxylation is 1. The van der Waals surface area contributed by atoms with Gasteiger partial charge < -0.3 is 38.1 Å². The van der Waals surface area contributed by atoms with Crippen molar-refractivity contribution in [1.29, 1.82) is 0 Å². The molecule has 0 N–H and O–H groups in total. The number of ether oxygens (including phenoxy) is 7. The van der Waals surface area contributed by atoms with Crippen molar-refractivity contribution in [2.75, 3.05) is 58.7 Å². The van der Waals surface area contributed by atoms with E-state index in [0.717, 1.165) is 32.1 Å². The Kier molecular flexibility index (Phi) is 13.1. The fourth-order valence-electron chi connectivity index (χ4n) is 8.72. The molecule has 5 heterocycles. The number of pyridine rings is 1. The molecule has 0 amide bonds. The van der Waals surface area contributed by atoms with Gasteiger partial charge in [-0.05, 0) is 99.2 Å². The summed E-state index contributed by atoms with van der Waals surface area (Å²) in [4.78, 5) is 41.3. The second-order valence-electron chi connectivity index (χ2n) is 16.4. The molecule has 0 bridgehead atoms. The fourth-order valence-corrected chi connectivity index (χ4v) is 8.72. The topological polar surface area (TPSA) is 170 Å². The molecule has 63 heavy (non-hydrogen) atoms. The number of likely N-dealkylation sites (N-methyl/N-ethyl adjacent to an activating group) is 1. The highest BCUT2D eigenvalue weighted by molar-refractivity contribution is 6.02. The van der Waals surface area contributed by atoms with Gasteiger partial charge in [-0.2, -0.15) is 9.97 Å². The van der Waals surface area contributed by atoms with Gasteiger partial charge in [0, 0.05) is 69.7 Å². The number of nitrogens with zero attached hydrogens (tertiary/aromatic N) is 6. The molecule has 2 aromatic heterocycles. The van der Waals surface area contributed by atoms with Crippen molar-refractivity contribution in [2.45, 2.75) is 82.8 Å². The first-order chi connectivity index (χ1) is 30.4. The van der Waals surface area contributed by atoms with Crippen LogP contribution in [0.5, 0.6) is 17.5 Å². The molecule has 3 aliphatic rings. The fraction of sp³-hybridized carbons (Fsp3) is 0.467. The quantitative estimate of drug-likeness (QED) is 0.0344. The molecule has 1 unspecified atom stereocenters. The van der Waals surface area contributed by atoms with Crippen LogP contribution in [0, 0.1) is 21.7 Å². The van der Waals surface area contributed by atoms with E-state index in [2.05, 4.69) is 16.9 Å². The minimum Gasteiger partial charge on any atom is -0.468 e. The Hall–Kier alpha value is -5.82. The minimum absolute atomic E-state index is 0.0374. The molecule has 4 atom stereocenters. The van der Waals surface area contributed by atoms with E-state index in [4.69, 9.17) is 38.1 Å². The van der Waals surface area contributed by atoms with Crippen LogP contribution in [0.4, 0.5) is 25.1 Å². The summed E-state index contributed by atoms with van der Waals surface area (Å²) in [5, 5.41) is 12.5. The maximum absolute atomic E-state index is 17.5. The lowest BCUT2D eigenvalue weighted by molar-refractivity contribution is -0.384. The highest BCUT2D eigenvalue weighted by Crippen LogP contribution is 2.41. The Morgan fingerprint density at radius 3 is 2.63 bits per heavy atom. The number of fused-ring (bicyclic) bond motifs is 2. The number of carbonyl (C=O) groups is 1. The van der Waals surface area contributed by atoms with Gasteiger partial charge in [0.2, 0.25) is 0 Å². The van der Waals surface area contributed by atoms with Crippen LogP contribution in [-0.4, -0.2) is 109 Å². The zero-order chi connectivity index (χ0) is 44.3. The number of hydrogen-bond donors (Lipinski definition) is 0. The molecule has 3 saturated heterocycles. The summed E-state index contributed by atoms with van der Waals surface area (Å²) in [7, 11) is 3.35. The number of likely N-dealkylation sites (tertiary alicyclic amines) is 1. The summed E-state index contributed by atoms with van der Waals surface area (Å²) in [5.74, 6) is -0.253. The van der Waals surface area contributed by atoms with Crippen LogP contribution in [-0.2, 0) is 25.4 Å². The summed E-state index contributed by atoms with van der Waals surface area (Å²) < 4.78 is 73.4. The maximum Gasteiger partial charge on any atom is 0.514 e. The first-order valence-electron chi connectivity index (χ1n) is 21.2. The van der Waals surface area contributed by atoms with E-state index in [1.54, 1.807) is 24.4 Å². The number of nitro benzene ring substituents is 1.